The Kier molecular flexibility index (Phi) is 14.8. The van der Waals surface area contributed by atoms with Crippen LogP contribution >= 0.6 is 21.6 Å². The zero-order chi connectivity index (χ0) is 34.1. The molecule has 0 saturated heterocycles. The number of carbonyl (C=O) groups is 2. The molecule has 6 rings (SSSR count). The second kappa shape index (κ2) is 19.0. The summed E-state index contributed by atoms with van der Waals surface area (Å²) in [5, 5.41) is 31.3. The van der Waals surface area contributed by atoms with Crippen molar-refractivity contribution < 1.29 is 24.9 Å². The predicted octanol–water partition coefficient (Wildman–Crippen LogP) is 10.7. The SMILES string of the molecule is CC.CC(O)(c1ccccc1)c1ccccc1.O=C(O)c1ccccc1SSc1ccccc1C(=O)O.c1ccc2ccccc2c1. The van der Waals surface area contributed by atoms with E-state index in [2.05, 4.69) is 48.5 Å². The number of rotatable bonds is 7. The van der Waals surface area contributed by atoms with Crippen LogP contribution in [0.2, 0.25) is 0 Å². The van der Waals surface area contributed by atoms with Gasteiger partial charge in [0.25, 0.3) is 0 Å². The molecule has 0 spiro atoms. The topological polar surface area (TPSA) is 94.8 Å². The Bertz CT molecular complexity index is 1680. The second-order valence-electron chi connectivity index (χ2n) is 9.92. The highest BCUT2D eigenvalue weighted by atomic mass is 33.1. The van der Waals surface area contributed by atoms with Gasteiger partial charge in [-0.15, -0.1) is 0 Å². The fourth-order valence-corrected chi connectivity index (χ4v) is 6.70. The second-order valence-corrected chi connectivity index (χ2v) is 12.1. The van der Waals surface area contributed by atoms with Crippen molar-refractivity contribution in [2.24, 2.45) is 0 Å². The lowest BCUT2D eigenvalue weighted by Crippen LogP contribution is -2.22. The van der Waals surface area contributed by atoms with Crippen molar-refractivity contribution in [1.82, 2.24) is 0 Å². The maximum atomic E-state index is 11.1. The quantitative estimate of drug-likeness (QED) is 0.146. The van der Waals surface area contributed by atoms with Crippen molar-refractivity contribution in [3.63, 3.8) is 0 Å². The maximum absolute atomic E-state index is 11.1. The lowest BCUT2D eigenvalue weighted by molar-refractivity contribution is 0.0682. The van der Waals surface area contributed by atoms with Gasteiger partial charge in [-0.2, -0.15) is 0 Å². The number of hydrogen-bond donors (Lipinski definition) is 3. The van der Waals surface area contributed by atoms with Crippen LogP contribution < -0.4 is 0 Å². The third kappa shape index (κ3) is 10.9. The molecule has 0 amide bonds. The number of aliphatic hydroxyl groups is 1. The first-order chi connectivity index (χ1) is 22.8. The maximum Gasteiger partial charge on any atom is 0.336 e. The summed E-state index contributed by atoms with van der Waals surface area (Å²) in [6.45, 7) is 5.82. The first-order valence-electron chi connectivity index (χ1n) is 15.0. The van der Waals surface area contributed by atoms with Gasteiger partial charge in [0.2, 0.25) is 0 Å². The molecule has 6 aromatic carbocycles. The molecule has 0 bridgehead atoms. The molecule has 0 unspecified atom stereocenters. The number of fused-ring (bicyclic) bond motifs is 1. The highest BCUT2D eigenvalue weighted by Gasteiger charge is 2.24. The zero-order valence-electron chi connectivity index (χ0n) is 26.5. The number of carboxylic acid groups (broad SMARTS) is 2. The van der Waals surface area contributed by atoms with Gasteiger partial charge >= 0.3 is 11.9 Å². The van der Waals surface area contributed by atoms with Crippen LogP contribution in [0.15, 0.2) is 168 Å². The fraction of sp³-hybridized carbons (Fsp3) is 0.100. The van der Waals surface area contributed by atoms with Crippen LogP contribution in [0.25, 0.3) is 10.8 Å². The largest absolute Gasteiger partial charge is 0.478 e. The van der Waals surface area contributed by atoms with Gasteiger partial charge in [0.15, 0.2) is 0 Å². The Morgan fingerprint density at radius 2 is 0.745 bits per heavy atom. The van der Waals surface area contributed by atoms with Gasteiger partial charge in [0.05, 0.1) is 11.1 Å². The summed E-state index contributed by atoms with van der Waals surface area (Å²) in [4.78, 5) is 23.4. The lowest BCUT2D eigenvalue weighted by atomic mass is 9.88. The highest BCUT2D eigenvalue weighted by Crippen LogP contribution is 2.40. The predicted molar refractivity (Wildman–Crippen MR) is 195 cm³/mol. The van der Waals surface area contributed by atoms with Gasteiger partial charge in [-0.25, -0.2) is 9.59 Å². The van der Waals surface area contributed by atoms with E-state index in [-0.39, 0.29) is 11.1 Å². The minimum absolute atomic E-state index is 0.206. The van der Waals surface area contributed by atoms with Crippen molar-refractivity contribution in [2.45, 2.75) is 36.2 Å². The Morgan fingerprint density at radius 1 is 0.468 bits per heavy atom. The normalized spacial score (nSPS) is 10.2. The molecule has 5 nitrogen and oxygen atoms in total. The van der Waals surface area contributed by atoms with Gasteiger partial charge in [0.1, 0.15) is 5.60 Å². The Morgan fingerprint density at radius 3 is 1.06 bits per heavy atom. The van der Waals surface area contributed by atoms with E-state index in [1.165, 1.54) is 44.5 Å². The minimum atomic E-state index is -1.000. The molecule has 0 radical (unpaired) electrons. The smallest absolute Gasteiger partial charge is 0.336 e. The Hall–Kier alpha value is -4.82. The Balaban J connectivity index is 0.000000196. The van der Waals surface area contributed by atoms with Crippen LogP contribution in [0.1, 0.15) is 52.6 Å². The highest BCUT2D eigenvalue weighted by molar-refractivity contribution is 8.76. The first-order valence-corrected chi connectivity index (χ1v) is 17.2. The zero-order valence-corrected chi connectivity index (χ0v) is 28.1. The molecule has 0 aliphatic carbocycles. The summed E-state index contributed by atoms with van der Waals surface area (Å²) in [5.74, 6) is -2.00. The van der Waals surface area contributed by atoms with Crippen LogP contribution in [0.3, 0.4) is 0 Å². The van der Waals surface area contributed by atoms with Crippen molar-refractivity contribution in [1.29, 1.82) is 0 Å². The molecule has 47 heavy (non-hydrogen) atoms. The van der Waals surface area contributed by atoms with E-state index < -0.39 is 17.5 Å². The lowest BCUT2D eigenvalue weighted by Gasteiger charge is -2.24. The molecule has 0 aliphatic heterocycles. The van der Waals surface area contributed by atoms with Crippen LogP contribution in [0.4, 0.5) is 0 Å². The van der Waals surface area contributed by atoms with E-state index in [1.54, 1.807) is 36.4 Å². The summed E-state index contributed by atoms with van der Waals surface area (Å²) in [7, 11) is 2.47. The van der Waals surface area contributed by atoms with E-state index in [1.807, 2.05) is 81.4 Å². The van der Waals surface area contributed by atoms with Crippen LogP contribution in [-0.4, -0.2) is 27.3 Å². The van der Waals surface area contributed by atoms with Crippen LogP contribution in [0.5, 0.6) is 0 Å². The molecule has 0 aliphatic rings. The molecule has 240 valence electrons. The van der Waals surface area contributed by atoms with Crippen molar-refractivity contribution in [3.8, 4) is 0 Å². The summed E-state index contributed by atoms with van der Waals surface area (Å²) < 4.78 is 0. The molecule has 0 atom stereocenters. The van der Waals surface area contributed by atoms with Crippen molar-refractivity contribution >= 4 is 44.3 Å². The van der Waals surface area contributed by atoms with Gasteiger partial charge in [-0.3, -0.25) is 0 Å². The summed E-state index contributed by atoms with van der Waals surface area (Å²) >= 11 is 0. The van der Waals surface area contributed by atoms with Crippen molar-refractivity contribution in [3.05, 3.63) is 180 Å². The summed E-state index contributed by atoms with van der Waals surface area (Å²) in [5.41, 5.74) is 1.32. The molecule has 0 saturated carbocycles. The first kappa shape index (κ1) is 36.6. The third-order valence-corrected chi connectivity index (χ3v) is 9.27. The van der Waals surface area contributed by atoms with E-state index in [0.717, 1.165) is 11.1 Å². The van der Waals surface area contributed by atoms with Crippen LogP contribution in [-0.2, 0) is 5.60 Å². The average molecular weight is 663 g/mol. The standard InChI is InChI=1S/C14H10O4S2.C14H14O.C10H8.C2H6/c15-13(16)9-5-1-3-7-11(9)19-20-12-8-4-2-6-10(12)14(17)18;1-14(15,12-8-4-2-5-9-12)13-10-6-3-7-11-13;1-2-6-10-8-4-3-7-9(10)5-1;1-2/h1-8H,(H,15,16)(H,17,18);2-11,15H,1H3;1-8H;1-2H3. The Labute approximate surface area is 284 Å². The third-order valence-electron chi connectivity index (χ3n) is 6.79. The number of carboxylic acids is 2. The minimum Gasteiger partial charge on any atom is -0.478 e. The molecule has 7 heteroatoms. The van der Waals surface area contributed by atoms with E-state index >= 15 is 0 Å². The fourth-order valence-electron chi connectivity index (χ4n) is 4.35. The number of aromatic carboxylic acids is 2. The van der Waals surface area contributed by atoms with Gasteiger partial charge in [-0.05, 0) is 53.1 Å². The molecule has 0 heterocycles. The number of hydrogen-bond acceptors (Lipinski definition) is 5. The molecular formula is C40H38O5S2. The van der Waals surface area contributed by atoms with Gasteiger partial charge in [-0.1, -0.05) is 169 Å². The summed E-state index contributed by atoms with van der Waals surface area (Å²) in [6.07, 6.45) is 0. The molecular weight excluding hydrogens is 625 g/mol. The monoisotopic (exact) mass is 662 g/mol. The van der Waals surface area contributed by atoms with E-state index in [9.17, 15) is 14.7 Å². The van der Waals surface area contributed by atoms with Crippen molar-refractivity contribution in [2.75, 3.05) is 0 Å². The van der Waals surface area contributed by atoms with E-state index in [4.69, 9.17) is 10.2 Å². The van der Waals surface area contributed by atoms with E-state index in [0.29, 0.717) is 9.79 Å². The number of benzene rings is 6. The molecule has 3 N–H and O–H groups in total. The van der Waals surface area contributed by atoms with Gasteiger partial charge in [0, 0.05) is 9.79 Å². The molecule has 0 fully saturated rings. The van der Waals surface area contributed by atoms with Gasteiger partial charge < -0.3 is 15.3 Å². The summed E-state index contributed by atoms with van der Waals surface area (Å²) in [6, 6.07) is 49.4. The average Bonchev–Trinajstić information content (AvgIpc) is 3.13. The molecule has 0 aromatic heterocycles. The van der Waals surface area contributed by atoms with Crippen LogP contribution in [0, 0.1) is 0 Å². The molecule has 6 aromatic rings.